The Labute approximate surface area is 151 Å². The van der Waals surface area contributed by atoms with Crippen LogP contribution in [0.25, 0.3) is 11.6 Å². The number of carbonyl (C=O) groups is 1. The SMILES string of the molecule is CN(Cc1ccc(Cl)s1)C(=O)CSc1nnc(-c2ccco2)n1N. The molecule has 3 heterocycles. The smallest absolute Gasteiger partial charge is 0.233 e. The van der Waals surface area contributed by atoms with Crippen molar-refractivity contribution in [3.63, 3.8) is 0 Å². The molecule has 0 aliphatic rings. The van der Waals surface area contributed by atoms with E-state index in [1.807, 2.05) is 12.1 Å². The van der Waals surface area contributed by atoms with Crippen molar-refractivity contribution in [2.24, 2.45) is 0 Å². The quantitative estimate of drug-likeness (QED) is 0.520. The summed E-state index contributed by atoms with van der Waals surface area (Å²) in [6.45, 7) is 0.518. The van der Waals surface area contributed by atoms with Crippen molar-refractivity contribution in [3.05, 3.63) is 39.7 Å². The van der Waals surface area contributed by atoms with Crippen LogP contribution in [0.15, 0.2) is 40.1 Å². The van der Waals surface area contributed by atoms with Crippen LogP contribution in [0, 0.1) is 0 Å². The molecular formula is C14H14ClN5O2S2. The van der Waals surface area contributed by atoms with Gasteiger partial charge in [0.25, 0.3) is 0 Å². The molecule has 3 rings (SSSR count). The van der Waals surface area contributed by atoms with Crippen LogP contribution < -0.4 is 5.84 Å². The summed E-state index contributed by atoms with van der Waals surface area (Å²) in [4.78, 5) is 14.9. The van der Waals surface area contributed by atoms with Gasteiger partial charge in [-0.3, -0.25) is 4.79 Å². The van der Waals surface area contributed by atoms with Gasteiger partial charge in [0, 0.05) is 11.9 Å². The zero-order valence-corrected chi connectivity index (χ0v) is 15.1. The molecule has 3 aromatic heterocycles. The van der Waals surface area contributed by atoms with Gasteiger partial charge in [0.05, 0.1) is 22.9 Å². The highest BCUT2D eigenvalue weighted by Crippen LogP contribution is 2.24. The first-order valence-corrected chi connectivity index (χ1v) is 9.08. The Bertz CT molecular complexity index is 830. The molecule has 0 unspecified atom stereocenters. The number of nitrogens with two attached hydrogens (primary N) is 1. The van der Waals surface area contributed by atoms with Crippen molar-refractivity contribution in [2.45, 2.75) is 11.7 Å². The fourth-order valence-corrected chi connectivity index (χ4v) is 3.88. The van der Waals surface area contributed by atoms with Crippen molar-refractivity contribution < 1.29 is 9.21 Å². The molecular weight excluding hydrogens is 370 g/mol. The Kier molecular flexibility index (Phi) is 5.12. The van der Waals surface area contributed by atoms with Crippen LogP contribution in [0.5, 0.6) is 0 Å². The number of carbonyl (C=O) groups excluding carboxylic acids is 1. The first kappa shape index (κ1) is 16.9. The summed E-state index contributed by atoms with van der Waals surface area (Å²) in [7, 11) is 1.75. The molecule has 0 fully saturated rings. The standard InChI is InChI=1S/C14H14ClN5O2S2/c1-19(7-9-4-5-11(15)24-9)12(21)8-23-14-18-17-13(20(14)16)10-3-2-6-22-10/h2-6H,7-8,16H2,1H3. The number of thioether (sulfide) groups is 1. The maximum Gasteiger partial charge on any atom is 0.233 e. The third-order valence-electron chi connectivity index (χ3n) is 3.18. The van der Waals surface area contributed by atoms with Crippen molar-refractivity contribution in [1.29, 1.82) is 0 Å². The van der Waals surface area contributed by atoms with Gasteiger partial charge in [-0.1, -0.05) is 23.4 Å². The summed E-state index contributed by atoms with van der Waals surface area (Å²) in [5.41, 5.74) is 0. The predicted molar refractivity (Wildman–Crippen MR) is 94.4 cm³/mol. The van der Waals surface area contributed by atoms with Gasteiger partial charge in [-0.25, -0.2) is 4.68 Å². The number of halogens is 1. The Morgan fingerprint density at radius 2 is 2.29 bits per heavy atom. The number of rotatable bonds is 6. The number of amides is 1. The number of hydrogen-bond donors (Lipinski definition) is 1. The van der Waals surface area contributed by atoms with Crippen molar-refractivity contribution in [2.75, 3.05) is 18.6 Å². The Morgan fingerprint density at radius 3 is 2.96 bits per heavy atom. The summed E-state index contributed by atoms with van der Waals surface area (Å²) >= 11 is 8.58. The molecule has 0 atom stereocenters. The molecule has 10 heteroatoms. The Morgan fingerprint density at radius 1 is 1.46 bits per heavy atom. The number of nitrogen functional groups attached to an aromatic ring is 1. The second-order valence-electron chi connectivity index (χ2n) is 4.90. The third kappa shape index (κ3) is 3.74. The topological polar surface area (TPSA) is 90.2 Å². The molecule has 0 aromatic carbocycles. The predicted octanol–water partition coefficient (Wildman–Crippen LogP) is 2.72. The van der Waals surface area contributed by atoms with E-state index in [4.69, 9.17) is 21.9 Å². The van der Waals surface area contributed by atoms with E-state index < -0.39 is 0 Å². The third-order valence-corrected chi connectivity index (χ3v) is 5.32. The Balaban J connectivity index is 1.58. The molecule has 0 aliphatic heterocycles. The first-order chi connectivity index (χ1) is 11.5. The lowest BCUT2D eigenvalue weighted by Gasteiger charge is -2.15. The molecule has 2 N–H and O–H groups in total. The zero-order valence-electron chi connectivity index (χ0n) is 12.7. The number of thiophene rings is 1. The van der Waals surface area contributed by atoms with Gasteiger partial charge in [0.2, 0.25) is 16.9 Å². The van der Waals surface area contributed by atoms with E-state index >= 15 is 0 Å². The van der Waals surface area contributed by atoms with E-state index in [9.17, 15) is 4.79 Å². The minimum atomic E-state index is -0.0351. The summed E-state index contributed by atoms with van der Waals surface area (Å²) in [5.74, 6) is 7.07. The molecule has 24 heavy (non-hydrogen) atoms. The minimum Gasteiger partial charge on any atom is -0.461 e. The molecule has 1 amide bonds. The number of furan rings is 1. The molecule has 0 saturated heterocycles. The van der Waals surface area contributed by atoms with E-state index in [1.165, 1.54) is 34.0 Å². The number of hydrogen-bond acceptors (Lipinski definition) is 7. The van der Waals surface area contributed by atoms with Crippen molar-refractivity contribution >= 4 is 40.6 Å². The number of nitrogens with zero attached hydrogens (tertiary/aromatic N) is 4. The van der Waals surface area contributed by atoms with Gasteiger partial charge in [-0.15, -0.1) is 21.5 Å². The van der Waals surface area contributed by atoms with E-state index in [2.05, 4.69) is 10.2 Å². The molecule has 126 valence electrons. The maximum atomic E-state index is 12.2. The first-order valence-electron chi connectivity index (χ1n) is 6.90. The molecule has 0 saturated carbocycles. The maximum absolute atomic E-state index is 12.2. The van der Waals surface area contributed by atoms with Gasteiger partial charge in [0.15, 0.2) is 5.76 Å². The number of aromatic nitrogens is 3. The lowest BCUT2D eigenvalue weighted by atomic mass is 10.4. The summed E-state index contributed by atoms with van der Waals surface area (Å²) in [6.07, 6.45) is 1.53. The molecule has 0 spiro atoms. The second kappa shape index (κ2) is 7.29. The lowest BCUT2D eigenvalue weighted by Crippen LogP contribution is -2.27. The fraction of sp³-hybridized carbons (Fsp3) is 0.214. The molecule has 0 radical (unpaired) electrons. The van der Waals surface area contributed by atoms with E-state index in [-0.39, 0.29) is 11.7 Å². The second-order valence-corrected chi connectivity index (χ2v) is 7.64. The van der Waals surface area contributed by atoms with Gasteiger partial charge in [0.1, 0.15) is 0 Å². The van der Waals surface area contributed by atoms with Gasteiger partial charge >= 0.3 is 0 Å². The molecule has 7 nitrogen and oxygen atoms in total. The Hall–Kier alpha value is -1.97. The lowest BCUT2D eigenvalue weighted by molar-refractivity contribution is -0.127. The highest BCUT2D eigenvalue weighted by molar-refractivity contribution is 7.99. The van der Waals surface area contributed by atoms with Gasteiger partial charge in [-0.05, 0) is 24.3 Å². The average molecular weight is 384 g/mol. The van der Waals surface area contributed by atoms with Crippen LogP contribution in [0.4, 0.5) is 0 Å². The van der Waals surface area contributed by atoms with Crippen LogP contribution in [-0.4, -0.2) is 38.5 Å². The minimum absolute atomic E-state index is 0.0351. The molecule has 3 aromatic rings. The van der Waals surface area contributed by atoms with Crippen molar-refractivity contribution in [1.82, 2.24) is 19.8 Å². The van der Waals surface area contributed by atoms with Crippen molar-refractivity contribution in [3.8, 4) is 11.6 Å². The normalized spacial score (nSPS) is 10.9. The highest BCUT2D eigenvalue weighted by Gasteiger charge is 2.17. The van der Waals surface area contributed by atoms with Crippen LogP contribution in [0.1, 0.15) is 4.88 Å². The average Bonchev–Trinajstić information content (AvgIpc) is 3.27. The van der Waals surface area contributed by atoms with Gasteiger partial charge < -0.3 is 15.2 Å². The van der Waals surface area contributed by atoms with E-state index in [0.29, 0.717) is 27.6 Å². The monoisotopic (exact) mass is 383 g/mol. The van der Waals surface area contributed by atoms with Crippen LogP contribution in [0.3, 0.4) is 0 Å². The van der Waals surface area contributed by atoms with Gasteiger partial charge in [-0.2, -0.15) is 0 Å². The fourth-order valence-electron chi connectivity index (χ4n) is 1.94. The van der Waals surface area contributed by atoms with Crippen LogP contribution in [0.2, 0.25) is 4.34 Å². The summed E-state index contributed by atoms with van der Waals surface area (Å²) < 4.78 is 7.27. The van der Waals surface area contributed by atoms with Crippen LogP contribution in [-0.2, 0) is 11.3 Å². The van der Waals surface area contributed by atoms with E-state index in [0.717, 1.165) is 4.88 Å². The molecule has 0 aliphatic carbocycles. The zero-order chi connectivity index (χ0) is 17.1. The van der Waals surface area contributed by atoms with E-state index in [1.54, 1.807) is 24.1 Å². The molecule has 0 bridgehead atoms. The largest absolute Gasteiger partial charge is 0.461 e. The highest BCUT2D eigenvalue weighted by atomic mass is 35.5. The summed E-state index contributed by atoms with van der Waals surface area (Å²) in [5, 5.41) is 8.43. The summed E-state index contributed by atoms with van der Waals surface area (Å²) in [6, 6.07) is 7.22. The van der Waals surface area contributed by atoms with Crippen LogP contribution >= 0.6 is 34.7 Å².